The molecule has 3 rings (SSSR count). The largest absolute Gasteiger partial charge is 0.299 e. The molecule has 0 aromatic rings. The van der Waals surface area contributed by atoms with E-state index in [0.717, 1.165) is 12.3 Å². The Labute approximate surface area is 79.2 Å². The summed E-state index contributed by atoms with van der Waals surface area (Å²) >= 11 is 0. The molecule has 0 heterocycles. The van der Waals surface area contributed by atoms with Crippen molar-refractivity contribution < 1.29 is 4.79 Å². The minimum atomic E-state index is 0.314. The van der Waals surface area contributed by atoms with Crippen LogP contribution in [0.5, 0.6) is 0 Å². The van der Waals surface area contributed by atoms with Gasteiger partial charge in [-0.15, -0.1) is 0 Å². The standard InChI is InChI=1S/C12H16O/c13-11-8-9-4-3-7-12(9)6-2-1-5-10(11)12/h1,5,9-10H,2-4,6-8H2. The third-order valence-electron chi connectivity index (χ3n) is 4.53. The molecule has 0 aliphatic heterocycles. The normalized spacial score (nSPS) is 47.8. The zero-order valence-corrected chi connectivity index (χ0v) is 7.96. The summed E-state index contributed by atoms with van der Waals surface area (Å²) in [6.07, 6.45) is 11.8. The Morgan fingerprint density at radius 3 is 3.23 bits per heavy atom. The second-order valence-electron chi connectivity index (χ2n) is 4.94. The zero-order chi connectivity index (χ0) is 8.89. The SMILES string of the molecule is O=C1CC2CCCC23CCC=CC13. The topological polar surface area (TPSA) is 17.1 Å². The van der Waals surface area contributed by atoms with Gasteiger partial charge in [0.15, 0.2) is 0 Å². The van der Waals surface area contributed by atoms with Crippen LogP contribution in [0.15, 0.2) is 12.2 Å². The summed E-state index contributed by atoms with van der Waals surface area (Å²) in [7, 11) is 0. The van der Waals surface area contributed by atoms with Crippen molar-refractivity contribution in [1.82, 2.24) is 0 Å². The molecule has 3 atom stereocenters. The lowest BCUT2D eigenvalue weighted by molar-refractivity contribution is -0.121. The lowest BCUT2D eigenvalue weighted by atomic mass is 9.68. The van der Waals surface area contributed by atoms with Gasteiger partial charge in [0, 0.05) is 12.3 Å². The summed E-state index contributed by atoms with van der Waals surface area (Å²) < 4.78 is 0. The number of Topliss-reactive ketones (excluding diaryl/α,β-unsaturated/α-hetero) is 1. The molecule has 3 aliphatic carbocycles. The highest BCUT2D eigenvalue weighted by Crippen LogP contribution is 2.60. The summed E-state index contributed by atoms with van der Waals surface area (Å²) in [5, 5.41) is 0. The fourth-order valence-corrected chi connectivity index (χ4v) is 3.94. The van der Waals surface area contributed by atoms with Crippen molar-refractivity contribution in [2.24, 2.45) is 17.3 Å². The maximum Gasteiger partial charge on any atom is 0.140 e. The van der Waals surface area contributed by atoms with Crippen molar-refractivity contribution in [1.29, 1.82) is 0 Å². The lowest BCUT2D eigenvalue weighted by Crippen LogP contribution is -2.30. The highest BCUT2D eigenvalue weighted by molar-refractivity contribution is 5.86. The Bertz CT molecular complexity index is 279. The molecule has 0 bridgehead atoms. The Morgan fingerprint density at radius 1 is 1.38 bits per heavy atom. The fourth-order valence-electron chi connectivity index (χ4n) is 3.94. The summed E-state index contributed by atoms with van der Waals surface area (Å²) in [6.45, 7) is 0. The van der Waals surface area contributed by atoms with Gasteiger partial charge in [-0.1, -0.05) is 18.6 Å². The van der Waals surface area contributed by atoms with Gasteiger partial charge >= 0.3 is 0 Å². The fraction of sp³-hybridized carbons (Fsp3) is 0.750. The van der Waals surface area contributed by atoms with Crippen LogP contribution in [0.3, 0.4) is 0 Å². The van der Waals surface area contributed by atoms with Crippen molar-refractivity contribution in [2.45, 2.75) is 38.5 Å². The number of carbonyl (C=O) groups excluding carboxylic acids is 1. The first kappa shape index (κ1) is 7.78. The minimum Gasteiger partial charge on any atom is -0.299 e. The molecule has 70 valence electrons. The summed E-state index contributed by atoms with van der Waals surface area (Å²) in [5.74, 6) is 1.59. The van der Waals surface area contributed by atoms with E-state index in [4.69, 9.17) is 0 Å². The number of hydrogen-bond donors (Lipinski definition) is 0. The van der Waals surface area contributed by atoms with Gasteiger partial charge in [0.2, 0.25) is 0 Å². The first-order valence-corrected chi connectivity index (χ1v) is 5.52. The first-order chi connectivity index (χ1) is 6.33. The van der Waals surface area contributed by atoms with E-state index in [0.29, 0.717) is 17.1 Å². The van der Waals surface area contributed by atoms with Crippen molar-refractivity contribution in [3.8, 4) is 0 Å². The smallest absolute Gasteiger partial charge is 0.140 e. The second-order valence-corrected chi connectivity index (χ2v) is 4.94. The molecule has 3 unspecified atom stereocenters. The highest BCUT2D eigenvalue weighted by Gasteiger charge is 2.55. The first-order valence-electron chi connectivity index (χ1n) is 5.52. The van der Waals surface area contributed by atoms with E-state index in [9.17, 15) is 4.79 Å². The molecule has 3 aliphatic rings. The van der Waals surface area contributed by atoms with E-state index in [-0.39, 0.29) is 0 Å². The van der Waals surface area contributed by atoms with E-state index in [1.807, 2.05) is 0 Å². The van der Waals surface area contributed by atoms with Gasteiger partial charge in [0.25, 0.3) is 0 Å². The van der Waals surface area contributed by atoms with Gasteiger partial charge in [0.05, 0.1) is 0 Å². The molecular weight excluding hydrogens is 160 g/mol. The van der Waals surface area contributed by atoms with Gasteiger partial charge in [-0.25, -0.2) is 0 Å². The van der Waals surface area contributed by atoms with Crippen LogP contribution in [-0.4, -0.2) is 5.78 Å². The molecule has 0 aromatic heterocycles. The summed E-state index contributed by atoms with van der Waals surface area (Å²) in [6, 6.07) is 0. The molecule has 1 nitrogen and oxygen atoms in total. The molecule has 1 spiro atoms. The van der Waals surface area contributed by atoms with Crippen LogP contribution >= 0.6 is 0 Å². The third kappa shape index (κ3) is 0.853. The highest BCUT2D eigenvalue weighted by atomic mass is 16.1. The monoisotopic (exact) mass is 176 g/mol. The van der Waals surface area contributed by atoms with Crippen molar-refractivity contribution in [2.75, 3.05) is 0 Å². The molecule has 0 N–H and O–H groups in total. The van der Waals surface area contributed by atoms with E-state index in [1.165, 1.54) is 32.1 Å². The van der Waals surface area contributed by atoms with E-state index in [2.05, 4.69) is 12.2 Å². The van der Waals surface area contributed by atoms with Crippen LogP contribution in [-0.2, 0) is 4.79 Å². The van der Waals surface area contributed by atoms with Crippen LogP contribution in [0.2, 0.25) is 0 Å². The predicted octanol–water partition coefficient (Wildman–Crippen LogP) is 2.71. The van der Waals surface area contributed by atoms with Crippen LogP contribution in [0.1, 0.15) is 38.5 Å². The van der Waals surface area contributed by atoms with Gasteiger partial charge in [-0.05, 0) is 37.0 Å². The van der Waals surface area contributed by atoms with Crippen LogP contribution < -0.4 is 0 Å². The zero-order valence-electron chi connectivity index (χ0n) is 7.96. The van der Waals surface area contributed by atoms with Gasteiger partial charge in [0.1, 0.15) is 5.78 Å². The number of carbonyl (C=O) groups is 1. The minimum absolute atomic E-state index is 0.314. The number of rotatable bonds is 0. The number of allylic oxidation sites excluding steroid dienone is 2. The molecule has 0 amide bonds. The summed E-state index contributed by atoms with van der Waals surface area (Å²) in [5.41, 5.74) is 0.436. The Hall–Kier alpha value is -0.590. The maximum absolute atomic E-state index is 11.8. The summed E-state index contributed by atoms with van der Waals surface area (Å²) in [4.78, 5) is 11.8. The Balaban J connectivity index is 2.05. The van der Waals surface area contributed by atoms with Gasteiger partial charge in [-0.2, -0.15) is 0 Å². The molecule has 0 saturated heterocycles. The average molecular weight is 176 g/mol. The van der Waals surface area contributed by atoms with Crippen molar-refractivity contribution >= 4 is 5.78 Å². The predicted molar refractivity (Wildman–Crippen MR) is 51.3 cm³/mol. The number of ketones is 1. The van der Waals surface area contributed by atoms with Crippen molar-refractivity contribution in [3.63, 3.8) is 0 Å². The molecule has 2 fully saturated rings. The lowest BCUT2D eigenvalue weighted by Gasteiger charge is -2.35. The molecule has 2 saturated carbocycles. The van der Waals surface area contributed by atoms with E-state index in [1.54, 1.807) is 0 Å². The average Bonchev–Trinajstić information content (AvgIpc) is 2.60. The molecule has 1 heteroatoms. The van der Waals surface area contributed by atoms with E-state index >= 15 is 0 Å². The number of hydrogen-bond acceptors (Lipinski definition) is 1. The van der Waals surface area contributed by atoms with Crippen LogP contribution in [0, 0.1) is 17.3 Å². The second kappa shape index (κ2) is 2.46. The molecule has 13 heavy (non-hydrogen) atoms. The maximum atomic E-state index is 11.8. The Kier molecular flexibility index (Phi) is 1.47. The quantitative estimate of drug-likeness (QED) is 0.519. The molecular formula is C12H16O. The van der Waals surface area contributed by atoms with Crippen molar-refractivity contribution in [3.05, 3.63) is 12.2 Å². The van der Waals surface area contributed by atoms with E-state index < -0.39 is 0 Å². The van der Waals surface area contributed by atoms with Crippen LogP contribution in [0.25, 0.3) is 0 Å². The third-order valence-corrected chi connectivity index (χ3v) is 4.53. The Morgan fingerprint density at radius 2 is 2.31 bits per heavy atom. The van der Waals surface area contributed by atoms with Gasteiger partial charge < -0.3 is 0 Å². The van der Waals surface area contributed by atoms with Gasteiger partial charge in [-0.3, -0.25) is 4.79 Å². The molecule has 0 radical (unpaired) electrons. The van der Waals surface area contributed by atoms with Crippen LogP contribution in [0.4, 0.5) is 0 Å². The molecule has 0 aromatic carbocycles.